The maximum absolute atomic E-state index is 12.0. The summed E-state index contributed by atoms with van der Waals surface area (Å²) >= 11 is 0. The number of hydrogen-bond acceptors (Lipinski definition) is 2. The summed E-state index contributed by atoms with van der Waals surface area (Å²) < 4.78 is 0. The number of hydrogen-bond donors (Lipinski definition) is 1. The molecule has 98 valence electrons. The van der Waals surface area contributed by atoms with E-state index >= 15 is 0 Å². The first-order chi connectivity index (χ1) is 7.70. The molecule has 1 saturated heterocycles. The third-order valence-electron chi connectivity index (χ3n) is 3.52. The number of carbonyl (C=O) groups is 2. The van der Waals surface area contributed by atoms with Crippen molar-refractivity contribution in [2.45, 2.75) is 47.0 Å². The highest BCUT2D eigenvalue weighted by molar-refractivity contribution is 5.81. The van der Waals surface area contributed by atoms with Crippen LogP contribution < -0.4 is 0 Å². The molecule has 17 heavy (non-hydrogen) atoms. The van der Waals surface area contributed by atoms with Crippen LogP contribution in [0.2, 0.25) is 0 Å². The number of carboxylic acids is 1. The van der Waals surface area contributed by atoms with Crippen LogP contribution in [-0.2, 0) is 9.59 Å². The highest BCUT2D eigenvalue weighted by Gasteiger charge is 2.44. The topological polar surface area (TPSA) is 57.6 Å². The Morgan fingerprint density at radius 3 is 2.29 bits per heavy atom. The molecule has 1 aliphatic heterocycles. The molecule has 1 atom stereocenters. The van der Waals surface area contributed by atoms with Gasteiger partial charge in [-0.3, -0.25) is 9.59 Å². The van der Waals surface area contributed by atoms with E-state index in [1.807, 2.05) is 27.7 Å². The maximum Gasteiger partial charge on any atom is 0.311 e. The van der Waals surface area contributed by atoms with Crippen molar-refractivity contribution < 1.29 is 14.7 Å². The Morgan fingerprint density at radius 1 is 1.35 bits per heavy atom. The fraction of sp³-hybridized carbons (Fsp3) is 0.846. The summed E-state index contributed by atoms with van der Waals surface area (Å²) in [7, 11) is 0. The molecule has 0 saturated carbocycles. The third kappa shape index (κ3) is 3.20. The molecule has 1 amide bonds. The van der Waals surface area contributed by atoms with Gasteiger partial charge in [0, 0.05) is 19.5 Å². The van der Waals surface area contributed by atoms with Gasteiger partial charge in [-0.2, -0.15) is 0 Å². The molecular formula is C13H23NO3. The second-order valence-electron chi connectivity index (χ2n) is 6.24. The average Bonchev–Trinajstić information content (AvgIpc) is 2.60. The molecule has 1 rings (SSSR count). The van der Waals surface area contributed by atoms with Gasteiger partial charge in [0.2, 0.25) is 5.91 Å². The highest BCUT2D eigenvalue weighted by atomic mass is 16.4. The van der Waals surface area contributed by atoms with E-state index < -0.39 is 11.4 Å². The van der Waals surface area contributed by atoms with Crippen molar-refractivity contribution in [1.29, 1.82) is 0 Å². The van der Waals surface area contributed by atoms with Crippen LogP contribution in [0.5, 0.6) is 0 Å². The summed E-state index contributed by atoms with van der Waals surface area (Å²) in [6, 6.07) is 0. The molecule has 0 spiro atoms. The van der Waals surface area contributed by atoms with E-state index in [9.17, 15) is 14.7 Å². The van der Waals surface area contributed by atoms with E-state index in [-0.39, 0.29) is 11.3 Å². The average molecular weight is 241 g/mol. The smallest absolute Gasteiger partial charge is 0.311 e. The second-order valence-corrected chi connectivity index (χ2v) is 6.24. The van der Waals surface area contributed by atoms with Gasteiger partial charge in [0.1, 0.15) is 0 Å². The van der Waals surface area contributed by atoms with Gasteiger partial charge in [0.05, 0.1) is 5.41 Å². The Bertz CT molecular complexity index is 319. The van der Waals surface area contributed by atoms with E-state index in [1.54, 1.807) is 4.90 Å². The van der Waals surface area contributed by atoms with Crippen molar-refractivity contribution in [1.82, 2.24) is 4.90 Å². The number of carboxylic acid groups (broad SMARTS) is 1. The van der Waals surface area contributed by atoms with Gasteiger partial charge in [-0.1, -0.05) is 27.7 Å². The molecule has 1 N–H and O–H groups in total. The molecule has 1 unspecified atom stereocenters. The summed E-state index contributed by atoms with van der Waals surface area (Å²) in [6.45, 7) is 8.89. The van der Waals surface area contributed by atoms with Crippen LogP contribution in [0.4, 0.5) is 0 Å². The SMILES string of the molecule is CCC1(C(=O)O)CCN(C(=O)CC(C)(C)C)C1. The Balaban J connectivity index is 2.67. The zero-order valence-electron chi connectivity index (χ0n) is 11.2. The van der Waals surface area contributed by atoms with Crippen molar-refractivity contribution >= 4 is 11.9 Å². The van der Waals surface area contributed by atoms with Crippen molar-refractivity contribution in [2.24, 2.45) is 10.8 Å². The standard InChI is InChI=1S/C13H23NO3/c1-5-13(11(16)17)6-7-14(9-13)10(15)8-12(2,3)4/h5-9H2,1-4H3,(H,16,17). The lowest BCUT2D eigenvalue weighted by Gasteiger charge is -2.25. The fourth-order valence-corrected chi connectivity index (χ4v) is 2.27. The van der Waals surface area contributed by atoms with Gasteiger partial charge in [-0.05, 0) is 18.3 Å². The van der Waals surface area contributed by atoms with Gasteiger partial charge < -0.3 is 10.0 Å². The van der Waals surface area contributed by atoms with Gasteiger partial charge in [-0.25, -0.2) is 0 Å². The van der Waals surface area contributed by atoms with Crippen molar-refractivity contribution in [3.63, 3.8) is 0 Å². The molecule has 0 aliphatic carbocycles. The molecular weight excluding hydrogens is 218 g/mol. The Morgan fingerprint density at radius 2 is 1.94 bits per heavy atom. The number of nitrogens with zero attached hydrogens (tertiary/aromatic N) is 1. The summed E-state index contributed by atoms with van der Waals surface area (Å²) in [5.74, 6) is -0.694. The Labute approximate surface area is 103 Å². The number of amides is 1. The molecule has 0 aromatic rings. The minimum atomic E-state index is -0.772. The van der Waals surface area contributed by atoms with Crippen molar-refractivity contribution in [2.75, 3.05) is 13.1 Å². The monoisotopic (exact) mass is 241 g/mol. The van der Waals surface area contributed by atoms with Gasteiger partial charge in [0.15, 0.2) is 0 Å². The highest BCUT2D eigenvalue weighted by Crippen LogP contribution is 2.35. The molecule has 0 aromatic carbocycles. The lowest BCUT2D eigenvalue weighted by atomic mass is 9.84. The molecule has 0 aromatic heterocycles. The number of likely N-dealkylation sites (tertiary alicyclic amines) is 1. The van der Waals surface area contributed by atoms with E-state index in [4.69, 9.17) is 0 Å². The third-order valence-corrected chi connectivity index (χ3v) is 3.52. The van der Waals surface area contributed by atoms with Crippen molar-refractivity contribution in [3.8, 4) is 0 Å². The molecule has 1 fully saturated rings. The van der Waals surface area contributed by atoms with E-state index in [2.05, 4.69) is 0 Å². The first-order valence-corrected chi connectivity index (χ1v) is 6.21. The molecule has 4 heteroatoms. The number of rotatable bonds is 3. The first kappa shape index (κ1) is 14.0. The lowest BCUT2D eigenvalue weighted by Crippen LogP contribution is -2.37. The number of aliphatic carboxylic acids is 1. The summed E-state index contributed by atoms with van der Waals surface area (Å²) in [5, 5.41) is 9.26. The van der Waals surface area contributed by atoms with E-state index in [0.717, 1.165) is 0 Å². The zero-order chi connectivity index (χ0) is 13.3. The predicted octanol–water partition coefficient (Wildman–Crippen LogP) is 2.14. The van der Waals surface area contributed by atoms with Gasteiger partial charge >= 0.3 is 5.97 Å². The van der Waals surface area contributed by atoms with Crippen LogP contribution in [0.25, 0.3) is 0 Å². The van der Waals surface area contributed by atoms with E-state index in [0.29, 0.717) is 32.4 Å². The quantitative estimate of drug-likeness (QED) is 0.823. The Kier molecular flexibility index (Phi) is 3.84. The molecule has 1 aliphatic rings. The van der Waals surface area contributed by atoms with E-state index in [1.165, 1.54) is 0 Å². The maximum atomic E-state index is 12.0. The minimum Gasteiger partial charge on any atom is -0.481 e. The first-order valence-electron chi connectivity index (χ1n) is 6.21. The molecule has 4 nitrogen and oxygen atoms in total. The summed E-state index contributed by atoms with van der Waals surface area (Å²) in [6.07, 6.45) is 1.64. The van der Waals surface area contributed by atoms with Crippen LogP contribution in [0.3, 0.4) is 0 Å². The van der Waals surface area contributed by atoms with Gasteiger partial charge in [-0.15, -0.1) is 0 Å². The normalized spacial score (nSPS) is 25.1. The predicted molar refractivity (Wildman–Crippen MR) is 65.6 cm³/mol. The lowest BCUT2D eigenvalue weighted by molar-refractivity contribution is -0.148. The minimum absolute atomic E-state index is 0.0439. The zero-order valence-corrected chi connectivity index (χ0v) is 11.2. The second kappa shape index (κ2) is 4.67. The largest absolute Gasteiger partial charge is 0.481 e. The summed E-state index contributed by atoms with van der Waals surface area (Å²) in [5.41, 5.74) is -0.759. The van der Waals surface area contributed by atoms with Crippen molar-refractivity contribution in [3.05, 3.63) is 0 Å². The van der Waals surface area contributed by atoms with Crippen LogP contribution >= 0.6 is 0 Å². The van der Waals surface area contributed by atoms with Crippen LogP contribution in [0.15, 0.2) is 0 Å². The van der Waals surface area contributed by atoms with Crippen LogP contribution in [-0.4, -0.2) is 35.0 Å². The van der Waals surface area contributed by atoms with Gasteiger partial charge in [0.25, 0.3) is 0 Å². The molecule has 0 bridgehead atoms. The number of carbonyl (C=O) groups excluding carboxylic acids is 1. The molecule has 0 radical (unpaired) electrons. The van der Waals surface area contributed by atoms with Crippen LogP contribution in [0.1, 0.15) is 47.0 Å². The summed E-state index contributed by atoms with van der Waals surface area (Å²) in [4.78, 5) is 25.0. The fourth-order valence-electron chi connectivity index (χ4n) is 2.27. The molecule has 1 heterocycles. The van der Waals surface area contributed by atoms with Crippen LogP contribution in [0, 0.1) is 10.8 Å². The Hall–Kier alpha value is -1.06.